The van der Waals surface area contributed by atoms with Gasteiger partial charge in [-0.05, 0) is 44.9 Å². The monoisotopic (exact) mass is 231 g/mol. The van der Waals surface area contributed by atoms with E-state index in [0.29, 0.717) is 6.04 Å². The Balaban J connectivity index is 2.46. The number of hydrogen-bond acceptors (Lipinski definition) is 1. The first-order valence-electron chi connectivity index (χ1n) is 6.45. The largest absolute Gasteiger partial charge is 0.308 e. The van der Waals surface area contributed by atoms with Crippen molar-refractivity contribution in [2.24, 2.45) is 5.92 Å². The first-order valence-corrected chi connectivity index (χ1v) is 6.99. The van der Waals surface area contributed by atoms with Crippen LogP contribution >= 0.6 is 11.6 Å². The Kier molecular flexibility index (Phi) is 5.42. The lowest BCUT2D eigenvalue weighted by atomic mass is 9.78. The van der Waals surface area contributed by atoms with Gasteiger partial charge in [0, 0.05) is 17.5 Å². The normalized spacial score (nSPS) is 34.0. The predicted molar refractivity (Wildman–Crippen MR) is 68.6 cm³/mol. The zero-order valence-corrected chi connectivity index (χ0v) is 11.2. The van der Waals surface area contributed by atoms with E-state index in [1.54, 1.807) is 0 Å². The van der Waals surface area contributed by atoms with Crippen LogP contribution in [-0.4, -0.2) is 17.5 Å². The molecule has 15 heavy (non-hydrogen) atoms. The lowest BCUT2D eigenvalue weighted by Crippen LogP contribution is -2.52. The summed E-state index contributed by atoms with van der Waals surface area (Å²) < 4.78 is 0. The van der Waals surface area contributed by atoms with Gasteiger partial charge in [-0.25, -0.2) is 0 Å². The van der Waals surface area contributed by atoms with Crippen LogP contribution in [0.3, 0.4) is 0 Å². The summed E-state index contributed by atoms with van der Waals surface area (Å²) in [6, 6.07) is 0.613. The topological polar surface area (TPSA) is 12.0 Å². The van der Waals surface area contributed by atoms with Crippen LogP contribution in [-0.2, 0) is 0 Å². The number of hydrogen-bond donors (Lipinski definition) is 1. The first-order chi connectivity index (χ1) is 7.12. The van der Waals surface area contributed by atoms with Crippen molar-refractivity contribution in [3.8, 4) is 0 Å². The third kappa shape index (κ3) is 3.96. The standard InChI is InChI=1S/C13H26ClN/c1-4-5-12(3)15-13(10-14)8-6-11(2)7-9-13/h11-12,15H,4-10H2,1-3H3. The minimum Gasteiger partial charge on any atom is -0.308 e. The SMILES string of the molecule is CCCC(C)NC1(CCl)CCC(C)CC1. The van der Waals surface area contributed by atoms with E-state index in [2.05, 4.69) is 26.1 Å². The molecule has 1 nitrogen and oxygen atoms in total. The Morgan fingerprint density at radius 3 is 2.47 bits per heavy atom. The zero-order valence-electron chi connectivity index (χ0n) is 10.5. The van der Waals surface area contributed by atoms with Gasteiger partial charge in [0.05, 0.1) is 0 Å². The summed E-state index contributed by atoms with van der Waals surface area (Å²) in [7, 11) is 0. The van der Waals surface area contributed by atoms with Gasteiger partial charge in [-0.3, -0.25) is 0 Å². The maximum absolute atomic E-state index is 6.17. The van der Waals surface area contributed by atoms with Crippen LogP contribution in [0.25, 0.3) is 0 Å². The van der Waals surface area contributed by atoms with Gasteiger partial charge in [0.15, 0.2) is 0 Å². The summed E-state index contributed by atoms with van der Waals surface area (Å²) in [6.45, 7) is 6.89. The molecular weight excluding hydrogens is 206 g/mol. The highest BCUT2D eigenvalue weighted by atomic mass is 35.5. The van der Waals surface area contributed by atoms with Crippen molar-refractivity contribution >= 4 is 11.6 Å². The average Bonchev–Trinajstić information content (AvgIpc) is 2.22. The Labute approximate surface area is 100.0 Å². The molecule has 2 heteroatoms. The van der Waals surface area contributed by atoms with Gasteiger partial charge in [-0.15, -0.1) is 11.6 Å². The van der Waals surface area contributed by atoms with E-state index in [9.17, 15) is 0 Å². The van der Waals surface area contributed by atoms with Gasteiger partial charge in [-0.1, -0.05) is 20.3 Å². The Bertz CT molecular complexity index is 173. The molecule has 0 heterocycles. The van der Waals surface area contributed by atoms with E-state index in [4.69, 9.17) is 11.6 Å². The lowest BCUT2D eigenvalue weighted by molar-refractivity contribution is 0.198. The van der Waals surface area contributed by atoms with Crippen LogP contribution in [0.2, 0.25) is 0 Å². The van der Waals surface area contributed by atoms with Crippen molar-refractivity contribution in [3.63, 3.8) is 0 Å². The van der Waals surface area contributed by atoms with Crippen LogP contribution in [0.1, 0.15) is 59.3 Å². The van der Waals surface area contributed by atoms with Crippen LogP contribution in [0.4, 0.5) is 0 Å². The van der Waals surface area contributed by atoms with Crippen molar-refractivity contribution in [2.75, 3.05) is 5.88 Å². The maximum atomic E-state index is 6.17. The molecule has 1 rings (SSSR count). The molecule has 1 aliphatic rings. The lowest BCUT2D eigenvalue weighted by Gasteiger charge is -2.41. The number of alkyl halides is 1. The van der Waals surface area contributed by atoms with Gasteiger partial charge < -0.3 is 5.32 Å². The highest BCUT2D eigenvalue weighted by molar-refractivity contribution is 6.18. The van der Waals surface area contributed by atoms with Crippen LogP contribution in [0.5, 0.6) is 0 Å². The predicted octanol–water partition coefficient (Wildman–Crippen LogP) is 3.95. The fourth-order valence-electron chi connectivity index (χ4n) is 2.66. The summed E-state index contributed by atoms with van der Waals surface area (Å²) in [5.41, 5.74) is 0.239. The van der Waals surface area contributed by atoms with Crippen molar-refractivity contribution in [1.82, 2.24) is 5.32 Å². The molecule has 0 aromatic heterocycles. The summed E-state index contributed by atoms with van der Waals surface area (Å²) in [4.78, 5) is 0. The van der Waals surface area contributed by atoms with Crippen LogP contribution < -0.4 is 5.32 Å². The molecule has 1 aliphatic carbocycles. The van der Waals surface area contributed by atoms with Crippen molar-refractivity contribution < 1.29 is 0 Å². The van der Waals surface area contributed by atoms with E-state index >= 15 is 0 Å². The smallest absolute Gasteiger partial charge is 0.0406 e. The summed E-state index contributed by atoms with van der Waals surface area (Å²) >= 11 is 6.17. The number of rotatable bonds is 5. The van der Waals surface area contributed by atoms with E-state index < -0.39 is 0 Å². The molecule has 1 fully saturated rings. The number of halogens is 1. The minimum atomic E-state index is 0.239. The van der Waals surface area contributed by atoms with E-state index in [-0.39, 0.29) is 5.54 Å². The minimum absolute atomic E-state index is 0.239. The molecule has 90 valence electrons. The van der Waals surface area contributed by atoms with Gasteiger partial charge in [0.1, 0.15) is 0 Å². The molecule has 0 aromatic carbocycles. The molecule has 0 spiro atoms. The molecule has 0 aromatic rings. The molecule has 1 unspecified atom stereocenters. The third-order valence-electron chi connectivity index (χ3n) is 3.76. The van der Waals surface area contributed by atoms with Gasteiger partial charge in [-0.2, -0.15) is 0 Å². The average molecular weight is 232 g/mol. The zero-order chi connectivity index (χ0) is 11.3. The number of nitrogens with one attached hydrogen (secondary N) is 1. The Morgan fingerprint density at radius 1 is 1.40 bits per heavy atom. The van der Waals surface area contributed by atoms with Gasteiger partial charge in [0.2, 0.25) is 0 Å². The van der Waals surface area contributed by atoms with E-state index in [1.165, 1.54) is 38.5 Å². The highest BCUT2D eigenvalue weighted by Crippen LogP contribution is 2.33. The molecule has 0 bridgehead atoms. The van der Waals surface area contributed by atoms with E-state index in [1.807, 2.05) is 0 Å². The maximum Gasteiger partial charge on any atom is 0.0406 e. The molecule has 0 saturated heterocycles. The quantitative estimate of drug-likeness (QED) is 0.707. The Morgan fingerprint density at radius 2 is 2.00 bits per heavy atom. The molecule has 0 radical (unpaired) electrons. The van der Waals surface area contributed by atoms with Gasteiger partial charge in [0.25, 0.3) is 0 Å². The molecule has 1 atom stereocenters. The second-order valence-corrected chi connectivity index (χ2v) is 5.70. The molecule has 0 aliphatic heterocycles. The Hall–Kier alpha value is 0.250. The molecule has 1 N–H and O–H groups in total. The fourth-order valence-corrected chi connectivity index (χ4v) is 3.00. The fraction of sp³-hybridized carbons (Fsp3) is 1.00. The van der Waals surface area contributed by atoms with Crippen molar-refractivity contribution in [2.45, 2.75) is 70.9 Å². The molecule has 0 amide bonds. The van der Waals surface area contributed by atoms with Crippen LogP contribution in [0.15, 0.2) is 0 Å². The summed E-state index contributed by atoms with van der Waals surface area (Å²) in [5.74, 6) is 1.66. The first kappa shape index (κ1) is 13.3. The molecule has 1 saturated carbocycles. The second-order valence-electron chi connectivity index (χ2n) is 5.43. The summed E-state index contributed by atoms with van der Waals surface area (Å²) in [5, 5.41) is 3.77. The van der Waals surface area contributed by atoms with Crippen LogP contribution in [0, 0.1) is 5.92 Å². The van der Waals surface area contributed by atoms with Crippen molar-refractivity contribution in [1.29, 1.82) is 0 Å². The van der Waals surface area contributed by atoms with Crippen molar-refractivity contribution in [3.05, 3.63) is 0 Å². The van der Waals surface area contributed by atoms with Gasteiger partial charge >= 0.3 is 0 Å². The highest BCUT2D eigenvalue weighted by Gasteiger charge is 2.33. The molecular formula is C13H26ClN. The third-order valence-corrected chi connectivity index (χ3v) is 4.27. The summed E-state index contributed by atoms with van der Waals surface area (Å²) in [6.07, 6.45) is 7.69. The second kappa shape index (κ2) is 6.10. The van der Waals surface area contributed by atoms with E-state index in [0.717, 1.165) is 11.8 Å².